The summed E-state index contributed by atoms with van der Waals surface area (Å²) in [6, 6.07) is 0.465. The van der Waals surface area contributed by atoms with Gasteiger partial charge in [-0.25, -0.2) is 4.79 Å². The van der Waals surface area contributed by atoms with Gasteiger partial charge in [0.2, 0.25) is 0 Å². The number of fused-ring (bicyclic) bond motifs is 2. The molecule has 2 bridgehead atoms. The van der Waals surface area contributed by atoms with E-state index in [2.05, 4.69) is 6.92 Å². The van der Waals surface area contributed by atoms with Crippen molar-refractivity contribution in [2.75, 3.05) is 6.61 Å². The molecule has 2 rings (SSSR count). The van der Waals surface area contributed by atoms with E-state index in [0.29, 0.717) is 6.04 Å². The Hall–Kier alpha value is -0.770. The second-order valence-electron chi connectivity index (χ2n) is 7.44. The standard InChI is InChI=1S/C16H29NO3/c1-5-9-16(11-18)10-8-12-6-7-13(16)17(12)14(19)20-15(2,3)4/h12-13,18H,5-11H2,1-4H3/t12-,13+,16+/m0/s1. The monoisotopic (exact) mass is 283 g/mol. The van der Waals surface area contributed by atoms with Crippen molar-refractivity contribution in [2.24, 2.45) is 5.41 Å². The zero-order valence-corrected chi connectivity index (χ0v) is 13.3. The van der Waals surface area contributed by atoms with E-state index >= 15 is 0 Å². The molecule has 0 aromatic heterocycles. The first-order valence-corrected chi connectivity index (χ1v) is 7.95. The molecule has 0 spiro atoms. The van der Waals surface area contributed by atoms with E-state index in [1.807, 2.05) is 25.7 Å². The first-order chi connectivity index (χ1) is 9.33. The predicted molar refractivity (Wildman–Crippen MR) is 78.5 cm³/mol. The number of nitrogens with zero attached hydrogens (tertiary/aromatic N) is 1. The van der Waals surface area contributed by atoms with Crippen LogP contribution >= 0.6 is 0 Å². The summed E-state index contributed by atoms with van der Waals surface area (Å²) in [6.45, 7) is 8.04. The molecule has 0 unspecified atom stereocenters. The highest BCUT2D eigenvalue weighted by Crippen LogP contribution is 2.49. The fraction of sp³-hybridized carbons (Fsp3) is 0.938. The predicted octanol–water partition coefficient (Wildman–Crippen LogP) is 3.33. The zero-order chi connectivity index (χ0) is 15.0. The van der Waals surface area contributed by atoms with E-state index < -0.39 is 5.60 Å². The van der Waals surface area contributed by atoms with Crippen molar-refractivity contribution in [3.63, 3.8) is 0 Å². The van der Waals surface area contributed by atoms with Gasteiger partial charge in [-0.1, -0.05) is 13.3 Å². The van der Waals surface area contributed by atoms with Gasteiger partial charge in [-0.3, -0.25) is 0 Å². The number of piperidine rings is 1. The van der Waals surface area contributed by atoms with Crippen molar-refractivity contribution >= 4 is 6.09 Å². The second-order valence-corrected chi connectivity index (χ2v) is 7.44. The fourth-order valence-electron chi connectivity index (χ4n) is 4.03. The molecule has 20 heavy (non-hydrogen) atoms. The summed E-state index contributed by atoms with van der Waals surface area (Å²) in [5, 5.41) is 9.95. The van der Waals surface area contributed by atoms with Crippen LogP contribution in [0.5, 0.6) is 0 Å². The normalized spacial score (nSPS) is 33.4. The molecule has 3 atom stereocenters. The van der Waals surface area contributed by atoms with Crippen molar-refractivity contribution < 1.29 is 14.6 Å². The van der Waals surface area contributed by atoms with E-state index in [1.165, 1.54) is 0 Å². The van der Waals surface area contributed by atoms with E-state index in [-0.39, 0.29) is 24.2 Å². The van der Waals surface area contributed by atoms with Crippen LogP contribution in [0.15, 0.2) is 0 Å². The lowest BCUT2D eigenvalue weighted by molar-refractivity contribution is -0.0451. The molecule has 4 heteroatoms. The van der Waals surface area contributed by atoms with Gasteiger partial charge in [-0.2, -0.15) is 0 Å². The van der Waals surface area contributed by atoms with Crippen molar-refractivity contribution in [1.29, 1.82) is 0 Å². The molecular weight excluding hydrogens is 254 g/mol. The van der Waals surface area contributed by atoms with Crippen LogP contribution in [0.1, 0.15) is 66.2 Å². The summed E-state index contributed by atoms with van der Waals surface area (Å²) in [6.07, 6.45) is 5.92. The number of carbonyl (C=O) groups excluding carboxylic acids is 1. The lowest BCUT2D eigenvalue weighted by Gasteiger charge is -2.48. The molecule has 2 aliphatic rings. The Labute approximate surface area is 122 Å². The zero-order valence-electron chi connectivity index (χ0n) is 13.3. The molecule has 2 fully saturated rings. The lowest BCUT2D eigenvalue weighted by atomic mass is 9.71. The molecule has 1 N–H and O–H groups in total. The highest BCUT2D eigenvalue weighted by atomic mass is 16.6. The maximum atomic E-state index is 12.5. The molecule has 4 nitrogen and oxygen atoms in total. The van der Waals surface area contributed by atoms with Gasteiger partial charge in [-0.05, 0) is 52.9 Å². The van der Waals surface area contributed by atoms with Crippen LogP contribution < -0.4 is 0 Å². The van der Waals surface area contributed by atoms with Gasteiger partial charge in [-0.15, -0.1) is 0 Å². The smallest absolute Gasteiger partial charge is 0.410 e. The SMILES string of the molecule is CCC[C@]1(CO)CC[C@@H]2CC[C@H]1N2C(=O)OC(C)(C)C. The maximum Gasteiger partial charge on any atom is 0.410 e. The van der Waals surface area contributed by atoms with Gasteiger partial charge in [0, 0.05) is 17.5 Å². The number of amides is 1. The third kappa shape index (κ3) is 2.80. The Kier molecular flexibility index (Phi) is 4.33. The van der Waals surface area contributed by atoms with Crippen LogP contribution in [0.3, 0.4) is 0 Å². The summed E-state index contributed by atoms with van der Waals surface area (Å²) >= 11 is 0. The quantitative estimate of drug-likeness (QED) is 0.864. The minimum Gasteiger partial charge on any atom is -0.444 e. The Balaban J connectivity index is 2.19. The minimum absolute atomic E-state index is 0.112. The van der Waals surface area contributed by atoms with E-state index in [1.54, 1.807) is 0 Å². The summed E-state index contributed by atoms with van der Waals surface area (Å²) in [7, 11) is 0. The van der Waals surface area contributed by atoms with Crippen LogP contribution in [0.4, 0.5) is 4.79 Å². The molecule has 0 aromatic carbocycles. The van der Waals surface area contributed by atoms with E-state index in [0.717, 1.165) is 38.5 Å². The van der Waals surface area contributed by atoms with Gasteiger partial charge >= 0.3 is 6.09 Å². The van der Waals surface area contributed by atoms with Crippen molar-refractivity contribution in [1.82, 2.24) is 4.90 Å². The van der Waals surface area contributed by atoms with Gasteiger partial charge < -0.3 is 14.7 Å². The average molecular weight is 283 g/mol. The van der Waals surface area contributed by atoms with Gasteiger partial charge in [0.1, 0.15) is 5.60 Å². The number of ether oxygens (including phenoxy) is 1. The van der Waals surface area contributed by atoms with E-state index in [4.69, 9.17) is 4.74 Å². The van der Waals surface area contributed by atoms with Crippen molar-refractivity contribution in [3.05, 3.63) is 0 Å². The highest BCUT2D eigenvalue weighted by Gasteiger charge is 2.53. The Morgan fingerprint density at radius 2 is 2.05 bits per heavy atom. The van der Waals surface area contributed by atoms with Crippen LogP contribution in [0, 0.1) is 5.41 Å². The lowest BCUT2D eigenvalue weighted by Crippen LogP contribution is -2.56. The Morgan fingerprint density at radius 3 is 2.60 bits per heavy atom. The Morgan fingerprint density at radius 1 is 1.35 bits per heavy atom. The van der Waals surface area contributed by atoms with Crippen LogP contribution in [0.2, 0.25) is 0 Å². The molecule has 0 aromatic rings. The maximum absolute atomic E-state index is 12.5. The first-order valence-electron chi connectivity index (χ1n) is 7.95. The number of hydrogen-bond acceptors (Lipinski definition) is 3. The largest absolute Gasteiger partial charge is 0.444 e. The molecule has 0 aliphatic carbocycles. The minimum atomic E-state index is -0.458. The average Bonchev–Trinajstić information content (AvgIpc) is 2.69. The summed E-state index contributed by atoms with van der Waals surface area (Å²) in [4.78, 5) is 14.4. The first kappa shape index (κ1) is 15.6. The number of aliphatic hydroxyl groups is 1. The third-order valence-corrected chi connectivity index (χ3v) is 4.85. The van der Waals surface area contributed by atoms with Crippen LogP contribution in [-0.4, -0.2) is 40.4 Å². The summed E-state index contributed by atoms with van der Waals surface area (Å²) in [5.74, 6) is 0. The van der Waals surface area contributed by atoms with Crippen molar-refractivity contribution in [2.45, 2.75) is 83.9 Å². The Bertz CT molecular complexity index is 363. The number of aliphatic hydroxyl groups excluding tert-OH is 1. The number of carbonyl (C=O) groups is 1. The molecular formula is C16H29NO3. The molecule has 1 amide bonds. The topological polar surface area (TPSA) is 49.8 Å². The number of rotatable bonds is 3. The molecule has 2 saturated heterocycles. The summed E-state index contributed by atoms with van der Waals surface area (Å²) < 4.78 is 5.58. The molecule has 2 heterocycles. The van der Waals surface area contributed by atoms with Crippen LogP contribution in [-0.2, 0) is 4.74 Å². The van der Waals surface area contributed by atoms with Crippen LogP contribution in [0.25, 0.3) is 0 Å². The molecule has 116 valence electrons. The van der Waals surface area contributed by atoms with Gasteiger partial charge in [0.15, 0.2) is 0 Å². The molecule has 0 saturated carbocycles. The number of hydrogen-bond donors (Lipinski definition) is 1. The molecule has 2 aliphatic heterocycles. The summed E-state index contributed by atoms with van der Waals surface area (Å²) in [5.41, 5.74) is -0.570. The van der Waals surface area contributed by atoms with Crippen molar-refractivity contribution in [3.8, 4) is 0 Å². The molecule has 0 radical (unpaired) electrons. The van der Waals surface area contributed by atoms with Gasteiger partial charge in [0.25, 0.3) is 0 Å². The third-order valence-electron chi connectivity index (χ3n) is 4.85. The second kappa shape index (κ2) is 5.55. The highest BCUT2D eigenvalue weighted by molar-refractivity contribution is 5.70. The van der Waals surface area contributed by atoms with E-state index in [9.17, 15) is 9.90 Å². The van der Waals surface area contributed by atoms with Gasteiger partial charge in [0.05, 0.1) is 6.61 Å². The fourth-order valence-corrected chi connectivity index (χ4v) is 4.03.